The Morgan fingerprint density at radius 3 is 2.58 bits per heavy atom. The lowest BCUT2D eigenvalue weighted by molar-refractivity contribution is 0.659. The van der Waals surface area contributed by atoms with Crippen LogP contribution in [0.3, 0.4) is 0 Å². The Morgan fingerprint density at radius 2 is 2.00 bits per heavy atom. The lowest BCUT2D eigenvalue weighted by Crippen LogP contribution is -2.40. The molecule has 2 rings (SSSR count). The summed E-state index contributed by atoms with van der Waals surface area (Å²) in [6, 6.07) is 0. The third-order valence-corrected chi connectivity index (χ3v) is 4.40. The van der Waals surface area contributed by atoms with Crippen molar-refractivity contribution in [3.8, 4) is 0 Å². The molecule has 1 N–H and O–H groups in total. The molecule has 0 aromatic carbocycles. The third-order valence-electron chi connectivity index (χ3n) is 3.17. The van der Waals surface area contributed by atoms with Gasteiger partial charge in [-0.15, -0.1) is 0 Å². The van der Waals surface area contributed by atoms with Crippen LogP contribution < -0.4 is 10.2 Å². The van der Waals surface area contributed by atoms with E-state index in [4.69, 9.17) is 0 Å². The van der Waals surface area contributed by atoms with E-state index in [1.807, 2.05) is 12.4 Å². The lowest BCUT2D eigenvalue weighted by Gasteiger charge is -2.35. The van der Waals surface area contributed by atoms with Crippen molar-refractivity contribution in [1.29, 1.82) is 0 Å². The first-order valence-corrected chi connectivity index (χ1v) is 8.05. The number of rotatable bonds is 5. The highest BCUT2D eigenvalue weighted by Crippen LogP contribution is 2.27. The van der Waals surface area contributed by atoms with Gasteiger partial charge in [-0.25, -0.2) is 4.98 Å². The van der Waals surface area contributed by atoms with Crippen LogP contribution in [0.15, 0.2) is 12.4 Å². The lowest BCUT2D eigenvalue weighted by atomic mass is 10.3. The highest BCUT2D eigenvalue weighted by atomic mass is 32.2. The molecule has 2 unspecified atom stereocenters. The standard InChI is InChI=1S/C14H24N4S/c1-4-5-15-6-13-7-17-14(8-16-13)18-9-11(2)19-12(3)10-18/h7-8,11-12,15H,4-6,9-10H2,1-3H3. The first-order valence-electron chi connectivity index (χ1n) is 7.11. The molecule has 2 heterocycles. The quantitative estimate of drug-likeness (QED) is 0.838. The second-order valence-electron chi connectivity index (χ2n) is 5.21. The van der Waals surface area contributed by atoms with Crippen molar-refractivity contribution in [2.45, 2.75) is 44.2 Å². The van der Waals surface area contributed by atoms with Gasteiger partial charge in [0.2, 0.25) is 0 Å². The molecular weight excluding hydrogens is 256 g/mol. The largest absolute Gasteiger partial charge is 0.353 e. The van der Waals surface area contributed by atoms with Gasteiger partial charge in [0, 0.05) is 30.1 Å². The van der Waals surface area contributed by atoms with Gasteiger partial charge in [-0.3, -0.25) is 4.98 Å². The monoisotopic (exact) mass is 280 g/mol. The molecule has 0 spiro atoms. The predicted octanol–water partition coefficient (Wildman–Crippen LogP) is 2.31. The minimum absolute atomic E-state index is 0.663. The van der Waals surface area contributed by atoms with Gasteiger partial charge in [0.1, 0.15) is 5.82 Å². The normalized spacial score (nSPS) is 23.6. The fraction of sp³-hybridized carbons (Fsp3) is 0.714. The minimum atomic E-state index is 0.663. The van der Waals surface area contributed by atoms with E-state index >= 15 is 0 Å². The Morgan fingerprint density at radius 1 is 1.26 bits per heavy atom. The van der Waals surface area contributed by atoms with Crippen LogP contribution in [0.4, 0.5) is 5.82 Å². The van der Waals surface area contributed by atoms with E-state index in [0.29, 0.717) is 10.5 Å². The van der Waals surface area contributed by atoms with Crippen LogP contribution in [0.1, 0.15) is 32.9 Å². The molecule has 106 valence electrons. The minimum Gasteiger partial charge on any atom is -0.353 e. The summed E-state index contributed by atoms with van der Waals surface area (Å²) < 4.78 is 0. The number of thioether (sulfide) groups is 1. The Labute approximate surface area is 120 Å². The summed E-state index contributed by atoms with van der Waals surface area (Å²) in [6.07, 6.45) is 4.96. The van der Waals surface area contributed by atoms with Gasteiger partial charge >= 0.3 is 0 Å². The maximum absolute atomic E-state index is 4.56. The highest BCUT2D eigenvalue weighted by Gasteiger charge is 2.23. The van der Waals surface area contributed by atoms with Crippen LogP contribution in [-0.4, -0.2) is 40.1 Å². The molecule has 1 aliphatic heterocycles. The first-order chi connectivity index (χ1) is 9.19. The average Bonchev–Trinajstić information content (AvgIpc) is 2.39. The number of nitrogens with zero attached hydrogens (tertiary/aromatic N) is 3. The van der Waals surface area contributed by atoms with Crippen molar-refractivity contribution in [2.24, 2.45) is 0 Å². The summed E-state index contributed by atoms with van der Waals surface area (Å²) in [4.78, 5) is 11.4. The predicted molar refractivity (Wildman–Crippen MR) is 82.8 cm³/mol. The smallest absolute Gasteiger partial charge is 0.147 e. The molecule has 1 aromatic heterocycles. The Balaban J connectivity index is 1.93. The van der Waals surface area contributed by atoms with Crippen molar-refractivity contribution in [2.75, 3.05) is 24.5 Å². The van der Waals surface area contributed by atoms with Crippen LogP contribution in [-0.2, 0) is 6.54 Å². The fourth-order valence-corrected chi connectivity index (χ4v) is 3.69. The van der Waals surface area contributed by atoms with E-state index < -0.39 is 0 Å². The summed E-state index contributed by atoms with van der Waals surface area (Å²) >= 11 is 2.06. The van der Waals surface area contributed by atoms with E-state index in [-0.39, 0.29) is 0 Å². The molecule has 5 heteroatoms. The zero-order valence-corrected chi connectivity index (χ0v) is 12.9. The van der Waals surface area contributed by atoms with E-state index in [2.05, 4.69) is 52.7 Å². The van der Waals surface area contributed by atoms with Gasteiger partial charge < -0.3 is 10.2 Å². The summed E-state index contributed by atoms with van der Waals surface area (Å²) in [7, 11) is 0. The maximum atomic E-state index is 4.56. The zero-order chi connectivity index (χ0) is 13.7. The third kappa shape index (κ3) is 4.35. The van der Waals surface area contributed by atoms with Crippen LogP contribution in [0.25, 0.3) is 0 Å². The van der Waals surface area contributed by atoms with Crippen molar-refractivity contribution in [3.05, 3.63) is 18.1 Å². The Hall–Kier alpha value is -0.810. The first kappa shape index (κ1) is 14.6. The molecular formula is C14H24N4S. The molecule has 1 aliphatic rings. The van der Waals surface area contributed by atoms with Crippen molar-refractivity contribution >= 4 is 17.6 Å². The Bertz CT molecular complexity index is 372. The molecule has 0 saturated carbocycles. The van der Waals surface area contributed by atoms with Gasteiger partial charge in [-0.05, 0) is 13.0 Å². The second kappa shape index (κ2) is 7.10. The van der Waals surface area contributed by atoms with E-state index in [1.165, 1.54) is 0 Å². The summed E-state index contributed by atoms with van der Waals surface area (Å²) in [5, 5.41) is 4.67. The van der Waals surface area contributed by atoms with Gasteiger partial charge in [0.25, 0.3) is 0 Å². The van der Waals surface area contributed by atoms with E-state index in [9.17, 15) is 0 Å². The fourth-order valence-electron chi connectivity index (χ4n) is 2.36. The summed E-state index contributed by atoms with van der Waals surface area (Å²) in [5.41, 5.74) is 1.02. The number of anilines is 1. The zero-order valence-electron chi connectivity index (χ0n) is 12.1. The molecule has 0 radical (unpaired) electrons. The SMILES string of the molecule is CCCNCc1cnc(N2CC(C)SC(C)C2)cn1. The van der Waals surface area contributed by atoms with Gasteiger partial charge in [-0.2, -0.15) is 11.8 Å². The number of hydrogen-bond acceptors (Lipinski definition) is 5. The maximum Gasteiger partial charge on any atom is 0.147 e. The van der Waals surface area contributed by atoms with Crippen LogP contribution in [0, 0.1) is 0 Å². The van der Waals surface area contributed by atoms with Gasteiger partial charge in [0.05, 0.1) is 18.1 Å². The molecule has 2 atom stereocenters. The molecule has 0 amide bonds. The second-order valence-corrected chi connectivity index (χ2v) is 7.09. The molecule has 1 fully saturated rings. The molecule has 4 nitrogen and oxygen atoms in total. The number of aromatic nitrogens is 2. The number of nitrogens with one attached hydrogen (secondary N) is 1. The average molecular weight is 280 g/mol. The van der Waals surface area contributed by atoms with Crippen LogP contribution in [0.2, 0.25) is 0 Å². The van der Waals surface area contributed by atoms with Crippen molar-refractivity contribution in [1.82, 2.24) is 15.3 Å². The molecule has 0 bridgehead atoms. The molecule has 1 saturated heterocycles. The van der Waals surface area contributed by atoms with E-state index in [0.717, 1.165) is 44.1 Å². The summed E-state index contributed by atoms with van der Waals surface area (Å²) in [6.45, 7) is 10.7. The number of hydrogen-bond donors (Lipinski definition) is 1. The van der Waals surface area contributed by atoms with Crippen molar-refractivity contribution in [3.63, 3.8) is 0 Å². The van der Waals surface area contributed by atoms with Crippen LogP contribution >= 0.6 is 11.8 Å². The van der Waals surface area contributed by atoms with E-state index in [1.54, 1.807) is 0 Å². The Kier molecular flexibility index (Phi) is 5.45. The summed E-state index contributed by atoms with van der Waals surface area (Å²) in [5.74, 6) is 1.01. The van der Waals surface area contributed by atoms with Gasteiger partial charge in [-0.1, -0.05) is 20.8 Å². The molecule has 1 aromatic rings. The molecule has 0 aliphatic carbocycles. The van der Waals surface area contributed by atoms with Crippen molar-refractivity contribution < 1.29 is 0 Å². The van der Waals surface area contributed by atoms with Gasteiger partial charge in [0.15, 0.2) is 0 Å². The topological polar surface area (TPSA) is 41.1 Å². The highest BCUT2D eigenvalue weighted by molar-refractivity contribution is 8.00. The molecule has 19 heavy (non-hydrogen) atoms. The van der Waals surface area contributed by atoms with Crippen LogP contribution in [0.5, 0.6) is 0 Å².